The molecule has 0 aromatic heterocycles. The highest BCUT2D eigenvalue weighted by atomic mass is 31.1. The molecule has 0 aliphatic rings. The van der Waals surface area contributed by atoms with Gasteiger partial charge in [-0.1, -0.05) is 26.7 Å². The highest BCUT2D eigenvalue weighted by Gasteiger charge is 2.45. The predicted octanol–water partition coefficient (Wildman–Crippen LogP) is 4.42. The van der Waals surface area contributed by atoms with Crippen molar-refractivity contribution < 1.29 is 17.4 Å². The Labute approximate surface area is 108 Å². The summed E-state index contributed by atoms with van der Waals surface area (Å²) in [6.45, 7) is 12.7. The molecule has 0 aromatic rings. The third kappa shape index (κ3) is 6.22. The second kappa shape index (κ2) is 7.11. The third-order valence-electron chi connectivity index (χ3n) is 2.92. The molecule has 0 aromatic carbocycles. The average Bonchev–Trinajstić information content (AvgIpc) is 2.16. The lowest BCUT2D eigenvalue weighted by molar-refractivity contribution is 0.313. The summed E-state index contributed by atoms with van der Waals surface area (Å²) in [7, 11) is -4.82. The van der Waals surface area contributed by atoms with Gasteiger partial charge in [-0.2, -0.15) is 0 Å². The molecule has 0 N–H and O–H groups in total. The fraction of sp³-hybridized carbons (Fsp3) is 1.00. The number of rotatable bonds is 8. The molecule has 4 nitrogen and oxygen atoms in total. The van der Waals surface area contributed by atoms with E-state index in [0.717, 1.165) is 12.8 Å². The quantitative estimate of drug-likeness (QED) is 0.491. The van der Waals surface area contributed by atoms with Crippen molar-refractivity contribution in [1.29, 1.82) is 0 Å². The largest absolute Gasteiger partial charge is 0.687 e. The predicted molar refractivity (Wildman–Crippen MR) is 76.1 cm³/mol. The highest BCUT2D eigenvalue weighted by molar-refractivity contribution is 7.35. The molecule has 0 heterocycles. The van der Waals surface area contributed by atoms with Crippen molar-refractivity contribution in [2.75, 3.05) is 7.11 Å². The maximum Gasteiger partial charge on any atom is 0.687 e. The van der Waals surface area contributed by atoms with Gasteiger partial charge >= 0.3 is 16.8 Å². The van der Waals surface area contributed by atoms with Crippen LogP contribution in [0.4, 0.5) is 0 Å². The first-order chi connectivity index (χ1) is 7.68. The molecule has 0 fully saturated rings. The van der Waals surface area contributed by atoms with E-state index in [0.29, 0.717) is 5.54 Å². The van der Waals surface area contributed by atoms with Crippen LogP contribution >= 0.6 is 8.25 Å². The van der Waals surface area contributed by atoms with Crippen molar-refractivity contribution in [3.05, 3.63) is 0 Å². The first-order valence-corrected chi connectivity index (χ1v) is 13.0. The molecular weight excluding hydrogens is 271 g/mol. The van der Waals surface area contributed by atoms with E-state index in [1.54, 1.807) is 0 Å². The van der Waals surface area contributed by atoms with E-state index in [9.17, 15) is 4.57 Å². The molecule has 7 heteroatoms. The van der Waals surface area contributed by atoms with Crippen molar-refractivity contribution in [3.63, 3.8) is 0 Å². The Morgan fingerprint density at radius 3 is 1.94 bits per heavy atom. The summed E-state index contributed by atoms with van der Waals surface area (Å²) >= 11 is 0. The molecule has 0 rings (SSSR count). The van der Waals surface area contributed by atoms with E-state index in [1.165, 1.54) is 7.11 Å². The van der Waals surface area contributed by atoms with E-state index >= 15 is 0 Å². The average molecular weight is 297 g/mol. The van der Waals surface area contributed by atoms with Crippen molar-refractivity contribution in [1.82, 2.24) is 0 Å². The topological polar surface area (TPSA) is 44.8 Å². The Kier molecular flexibility index (Phi) is 7.29. The van der Waals surface area contributed by atoms with Crippen LogP contribution in [-0.2, 0) is 17.4 Å². The van der Waals surface area contributed by atoms with Crippen LogP contribution in [0.3, 0.4) is 0 Å². The van der Waals surface area contributed by atoms with Gasteiger partial charge in [0.25, 0.3) is 0 Å². The zero-order valence-corrected chi connectivity index (χ0v) is 15.0. The Hall–Kier alpha value is 0.414. The van der Waals surface area contributed by atoms with Crippen molar-refractivity contribution in [2.45, 2.75) is 58.4 Å². The molecule has 0 saturated heterocycles. The van der Waals surface area contributed by atoms with Crippen molar-refractivity contribution in [2.24, 2.45) is 0 Å². The molecule has 0 aliphatic carbocycles. The standard InChI is InChI=1S/C10H26O4PSi2/c1-8-10(9-2)16(4,5)14-17(6,7)13-15(11)12-3/h10H,8-9H2,1-7H3/q+1. The minimum Gasteiger partial charge on any atom is -0.433 e. The second-order valence-electron chi connectivity index (χ2n) is 5.12. The Morgan fingerprint density at radius 2 is 1.59 bits per heavy atom. The van der Waals surface area contributed by atoms with Gasteiger partial charge in [-0.05, 0) is 31.7 Å². The first-order valence-electron chi connectivity index (χ1n) is 6.09. The molecule has 17 heavy (non-hydrogen) atoms. The molecule has 0 saturated carbocycles. The number of hydrogen-bond donors (Lipinski definition) is 0. The molecule has 0 amide bonds. The third-order valence-corrected chi connectivity index (χ3v) is 12.4. The summed E-state index contributed by atoms with van der Waals surface area (Å²) in [5.41, 5.74) is 0.610. The Morgan fingerprint density at radius 1 is 1.12 bits per heavy atom. The zero-order valence-electron chi connectivity index (χ0n) is 12.1. The van der Waals surface area contributed by atoms with Gasteiger partial charge in [0.1, 0.15) is 0 Å². The summed E-state index contributed by atoms with van der Waals surface area (Å²) < 4.78 is 27.6. The normalized spacial score (nSPS) is 14.2. The monoisotopic (exact) mass is 297 g/mol. The van der Waals surface area contributed by atoms with Gasteiger partial charge in [0, 0.05) is 4.57 Å². The fourth-order valence-electron chi connectivity index (χ4n) is 2.22. The van der Waals surface area contributed by atoms with Crippen LogP contribution in [0.25, 0.3) is 0 Å². The summed E-state index contributed by atoms with van der Waals surface area (Å²) in [5, 5.41) is 0. The Balaban J connectivity index is 4.62. The van der Waals surface area contributed by atoms with Crippen molar-refractivity contribution >= 4 is 25.1 Å². The maximum absolute atomic E-state index is 11.3. The SMILES string of the molecule is CCC(CC)[Si](C)(C)O[Si](C)(C)O[P+](=O)OC. The van der Waals surface area contributed by atoms with Gasteiger partial charge < -0.3 is 4.12 Å². The highest BCUT2D eigenvalue weighted by Crippen LogP contribution is 2.35. The lowest BCUT2D eigenvalue weighted by atomic mass is 10.3. The molecule has 1 atom stereocenters. The molecule has 0 aliphatic heterocycles. The van der Waals surface area contributed by atoms with Gasteiger partial charge in [0.05, 0.1) is 7.11 Å². The molecule has 0 bridgehead atoms. The molecular formula is C10H26O4PSi2+. The van der Waals surface area contributed by atoms with E-state index in [4.69, 9.17) is 8.33 Å². The first kappa shape index (κ1) is 17.4. The van der Waals surface area contributed by atoms with Crippen LogP contribution in [0.1, 0.15) is 26.7 Å². The van der Waals surface area contributed by atoms with Crippen LogP contribution in [0.15, 0.2) is 0 Å². The van der Waals surface area contributed by atoms with Gasteiger partial charge in [-0.3, -0.25) is 0 Å². The minimum absolute atomic E-state index is 0.610. The summed E-state index contributed by atoms with van der Waals surface area (Å²) in [4.78, 5) is 0. The lowest BCUT2D eigenvalue weighted by Gasteiger charge is -2.35. The van der Waals surface area contributed by atoms with Crippen molar-refractivity contribution in [3.8, 4) is 0 Å². The summed E-state index contributed by atoms with van der Waals surface area (Å²) in [6.07, 6.45) is 2.24. The van der Waals surface area contributed by atoms with Gasteiger partial charge in [0.2, 0.25) is 0 Å². The molecule has 102 valence electrons. The Bertz CT molecular complexity index is 255. The van der Waals surface area contributed by atoms with Crippen LogP contribution in [0, 0.1) is 0 Å². The van der Waals surface area contributed by atoms with Gasteiger partial charge in [-0.15, -0.1) is 8.74 Å². The number of hydrogen-bond acceptors (Lipinski definition) is 4. The van der Waals surface area contributed by atoms with E-state index in [1.807, 2.05) is 13.1 Å². The zero-order chi connectivity index (χ0) is 13.7. The van der Waals surface area contributed by atoms with Gasteiger partial charge in [0.15, 0.2) is 8.32 Å². The smallest absolute Gasteiger partial charge is 0.433 e. The fourth-order valence-corrected chi connectivity index (χ4v) is 12.1. The lowest BCUT2D eigenvalue weighted by Crippen LogP contribution is -2.48. The maximum atomic E-state index is 11.3. The van der Waals surface area contributed by atoms with Gasteiger partial charge in [-0.25, -0.2) is 0 Å². The van der Waals surface area contributed by atoms with Crippen LogP contribution in [-0.4, -0.2) is 24.0 Å². The second-order valence-corrected chi connectivity index (χ2v) is 14.3. The summed E-state index contributed by atoms with van der Waals surface area (Å²) in [6, 6.07) is 0. The van der Waals surface area contributed by atoms with E-state index in [2.05, 4.69) is 31.5 Å². The molecule has 0 radical (unpaired) electrons. The molecule has 0 spiro atoms. The summed E-state index contributed by atoms with van der Waals surface area (Å²) in [5.74, 6) is 0. The van der Waals surface area contributed by atoms with E-state index in [-0.39, 0.29) is 0 Å². The van der Waals surface area contributed by atoms with Crippen LogP contribution in [0.5, 0.6) is 0 Å². The van der Waals surface area contributed by atoms with Crippen LogP contribution < -0.4 is 0 Å². The van der Waals surface area contributed by atoms with Crippen LogP contribution in [0.2, 0.25) is 31.7 Å². The van der Waals surface area contributed by atoms with E-state index < -0.39 is 25.1 Å². The minimum atomic E-state index is -2.37. The molecule has 1 unspecified atom stereocenters.